The number of rotatable bonds is 10. The molecule has 0 aliphatic carbocycles. The molecule has 0 unspecified atom stereocenters. The van der Waals surface area contributed by atoms with Crippen LogP contribution in [0.15, 0.2) is 78.9 Å². The molecule has 0 aromatic heterocycles. The fourth-order valence-corrected chi connectivity index (χ4v) is 3.41. The average Bonchev–Trinajstić information content (AvgIpc) is 2.85. The van der Waals surface area contributed by atoms with Crippen LogP contribution in [-0.4, -0.2) is 23.5 Å². The Bertz CT molecular complexity index is 1100. The Morgan fingerprint density at radius 1 is 0.853 bits per heavy atom. The predicted molar refractivity (Wildman–Crippen MR) is 140 cm³/mol. The summed E-state index contributed by atoms with van der Waals surface area (Å²) in [6.45, 7) is 2.64. The zero-order valence-corrected chi connectivity index (χ0v) is 20.0. The van der Waals surface area contributed by atoms with E-state index in [0.717, 1.165) is 18.4 Å². The second-order valence-electron chi connectivity index (χ2n) is 7.72. The number of aryl methyl sites for hydroxylation is 1. The first-order chi connectivity index (χ1) is 16.5. The first-order valence-corrected chi connectivity index (χ1v) is 11.7. The number of carbonyl (C=O) groups excluding carboxylic acids is 2. The minimum Gasteiger partial charge on any atom is -0.493 e. The van der Waals surface area contributed by atoms with Crippen LogP contribution in [0.2, 0.25) is 0 Å². The monoisotopic (exact) mass is 475 g/mol. The molecule has 0 fully saturated rings. The molecule has 0 saturated heterocycles. The molecule has 0 spiro atoms. The van der Waals surface area contributed by atoms with Crippen LogP contribution < -0.4 is 20.7 Å². The van der Waals surface area contributed by atoms with Gasteiger partial charge >= 0.3 is 0 Å². The quantitative estimate of drug-likeness (QED) is 0.264. The van der Waals surface area contributed by atoms with Gasteiger partial charge in [0, 0.05) is 17.8 Å². The zero-order chi connectivity index (χ0) is 24.2. The Morgan fingerprint density at radius 3 is 2.21 bits per heavy atom. The summed E-state index contributed by atoms with van der Waals surface area (Å²) in [4.78, 5) is 24.9. The van der Waals surface area contributed by atoms with Crippen molar-refractivity contribution in [1.29, 1.82) is 0 Å². The average molecular weight is 476 g/mol. The van der Waals surface area contributed by atoms with Gasteiger partial charge in [-0.05, 0) is 67.0 Å². The molecule has 3 rings (SSSR count). The summed E-state index contributed by atoms with van der Waals surface area (Å²) in [5.41, 5.74) is 2.94. The number of carbonyl (C=O) groups is 2. The van der Waals surface area contributed by atoms with Crippen molar-refractivity contribution in [3.63, 3.8) is 0 Å². The molecule has 0 radical (unpaired) electrons. The van der Waals surface area contributed by atoms with Gasteiger partial charge < -0.3 is 15.4 Å². The van der Waals surface area contributed by atoms with Crippen molar-refractivity contribution in [2.24, 2.45) is 0 Å². The van der Waals surface area contributed by atoms with E-state index in [1.54, 1.807) is 42.5 Å². The maximum Gasteiger partial charge on any atom is 0.261 e. The summed E-state index contributed by atoms with van der Waals surface area (Å²) in [6, 6.07) is 24.1. The molecule has 0 atom stereocenters. The molecule has 0 aliphatic heterocycles. The van der Waals surface area contributed by atoms with E-state index >= 15 is 0 Å². The first-order valence-electron chi connectivity index (χ1n) is 11.3. The molecule has 2 amide bonds. The van der Waals surface area contributed by atoms with Gasteiger partial charge in [-0.2, -0.15) is 0 Å². The van der Waals surface area contributed by atoms with Gasteiger partial charge in [0.05, 0.1) is 12.2 Å². The molecular weight excluding hydrogens is 446 g/mol. The number of anilines is 2. The summed E-state index contributed by atoms with van der Waals surface area (Å²) in [6.07, 6.45) is 3.02. The number of nitrogens with one attached hydrogen (secondary N) is 3. The molecule has 176 valence electrons. The highest BCUT2D eigenvalue weighted by molar-refractivity contribution is 7.80. The molecule has 7 heteroatoms. The summed E-state index contributed by atoms with van der Waals surface area (Å²) >= 11 is 5.29. The lowest BCUT2D eigenvalue weighted by atomic mass is 10.1. The van der Waals surface area contributed by atoms with E-state index in [-0.39, 0.29) is 16.9 Å². The van der Waals surface area contributed by atoms with Gasteiger partial charge in [0.25, 0.3) is 5.91 Å². The number of ether oxygens (including phenoxy) is 1. The van der Waals surface area contributed by atoms with Gasteiger partial charge in [-0.15, -0.1) is 0 Å². The second kappa shape index (κ2) is 13.1. The van der Waals surface area contributed by atoms with Gasteiger partial charge in [-0.3, -0.25) is 14.9 Å². The SMILES string of the molecule is CCCCOc1ccccc1C(=O)NC(=S)Nc1ccc(NC(=O)CCc2ccccc2)cc1. The zero-order valence-electron chi connectivity index (χ0n) is 19.2. The third-order valence-electron chi connectivity index (χ3n) is 5.02. The topological polar surface area (TPSA) is 79.5 Å². The summed E-state index contributed by atoms with van der Waals surface area (Å²) in [5, 5.41) is 8.74. The molecule has 0 heterocycles. The fourth-order valence-electron chi connectivity index (χ4n) is 3.20. The van der Waals surface area contributed by atoms with Crippen molar-refractivity contribution in [1.82, 2.24) is 5.32 Å². The van der Waals surface area contributed by atoms with Gasteiger partial charge in [-0.25, -0.2) is 0 Å². The minimum atomic E-state index is -0.341. The van der Waals surface area contributed by atoms with Gasteiger partial charge in [0.2, 0.25) is 5.91 Å². The maximum absolute atomic E-state index is 12.7. The van der Waals surface area contributed by atoms with E-state index in [1.165, 1.54) is 0 Å². The van der Waals surface area contributed by atoms with E-state index in [9.17, 15) is 9.59 Å². The third kappa shape index (κ3) is 8.01. The number of thiocarbonyl (C=S) groups is 1. The van der Waals surface area contributed by atoms with Crippen LogP contribution in [0.5, 0.6) is 5.75 Å². The largest absolute Gasteiger partial charge is 0.493 e. The molecule has 0 aliphatic rings. The van der Waals surface area contributed by atoms with E-state index in [1.807, 2.05) is 36.4 Å². The number of hydrogen-bond acceptors (Lipinski definition) is 4. The summed E-state index contributed by atoms with van der Waals surface area (Å²) < 4.78 is 5.73. The second-order valence-corrected chi connectivity index (χ2v) is 8.13. The molecule has 3 N–H and O–H groups in total. The number of unbranched alkanes of at least 4 members (excludes halogenated alkanes) is 1. The molecule has 6 nitrogen and oxygen atoms in total. The standard InChI is InChI=1S/C27H29N3O3S/c1-2-3-19-33-24-12-8-7-11-23(24)26(32)30-27(34)29-22-16-14-21(15-17-22)28-25(31)18-13-20-9-5-4-6-10-20/h4-12,14-17H,2-3,13,18-19H2,1H3,(H,28,31)(H2,29,30,32,34). The molecule has 34 heavy (non-hydrogen) atoms. The highest BCUT2D eigenvalue weighted by Crippen LogP contribution is 2.19. The van der Waals surface area contributed by atoms with Crippen molar-refractivity contribution in [3.05, 3.63) is 90.0 Å². The highest BCUT2D eigenvalue weighted by Gasteiger charge is 2.13. The van der Waals surface area contributed by atoms with E-state index < -0.39 is 0 Å². The van der Waals surface area contributed by atoms with Crippen molar-refractivity contribution >= 4 is 40.5 Å². The molecular formula is C27H29N3O3S. The smallest absolute Gasteiger partial charge is 0.261 e. The van der Waals surface area contributed by atoms with Crippen LogP contribution in [0.3, 0.4) is 0 Å². The lowest BCUT2D eigenvalue weighted by molar-refractivity contribution is -0.116. The molecule has 3 aromatic rings. The predicted octanol–water partition coefficient (Wildman–Crippen LogP) is 5.56. The van der Waals surface area contributed by atoms with Crippen LogP contribution in [0, 0.1) is 0 Å². The molecule has 0 saturated carbocycles. The lowest BCUT2D eigenvalue weighted by Crippen LogP contribution is -2.34. The summed E-state index contributed by atoms with van der Waals surface area (Å²) in [7, 11) is 0. The minimum absolute atomic E-state index is 0.0489. The van der Waals surface area contributed by atoms with Gasteiger partial charge in [0.1, 0.15) is 5.75 Å². The van der Waals surface area contributed by atoms with E-state index in [0.29, 0.717) is 42.1 Å². The van der Waals surface area contributed by atoms with Crippen molar-refractivity contribution in [2.75, 3.05) is 17.2 Å². The number of benzene rings is 3. The van der Waals surface area contributed by atoms with E-state index in [4.69, 9.17) is 17.0 Å². The molecule has 0 bridgehead atoms. The van der Waals surface area contributed by atoms with Crippen LogP contribution in [0.25, 0.3) is 0 Å². The Labute approximate surface area is 205 Å². The van der Waals surface area contributed by atoms with Crippen molar-refractivity contribution in [2.45, 2.75) is 32.6 Å². The van der Waals surface area contributed by atoms with Crippen LogP contribution >= 0.6 is 12.2 Å². The first kappa shape index (κ1) is 24.9. The Hall–Kier alpha value is -3.71. The number of amides is 2. The Kier molecular flexibility index (Phi) is 9.61. The molecule has 3 aromatic carbocycles. The Balaban J connectivity index is 1.48. The lowest BCUT2D eigenvalue weighted by Gasteiger charge is -2.13. The van der Waals surface area contributed by atoms with Gasteiger partial charge in [-0.1, -0.05) is 55.8 Å². The number of para-hydroxylation sites is 1. The van der Waals surface area contributed by atoms with Crippen LogP contribution in [0.4, 0.5) is 11.4 Å². The van der Waals surface area contributed by atoms with Crippen LogP contribution in [0.1, 0.15) is 42.1 Å². The Morgan fingerprint density at radius 2 is 1.50 bits per heavy atom. The fraction of sp³-hybridized carbons (Fsp3) is 0.222. The van der Waals surface area contributed by atoms with Crippen LogP contribution in [-0.2, 0) is 11.2 Å². The van der Waals surface area contributed by atoms with Crippen molar-refractivity contribution in [3.8, 4) is 5.75 Å². The van der Waals surface area contributed by atoms with Gasteiger partial charge in [0.15, 0.2) is 5.11 Å². The summed E-state index contributed by atoms with van der Waals surface area (Å²) in [5.74, 6) is 0.141. The number of hydrogen-bond donors (Lipinski definition) is 3. The van der Waals surface area contributed by atoms with Crippen molar-refractivity contribution < 1.29 is 14.3 Å². The highest BCUT2D eigenvalue weighted by atomic mass is 32.1. The normalized spacial score (nSPS) is 10.3. The maximum atomic E-state index is 12.7. The third-order valence-corrected chi connectivity index (χ3v) is 5.23. The van der Waals surface area contributed by atoms with E-state index in [2.05, 4.69) is 22.9 Å².